The van der Waals surface area contributed by atoms with Crippen LogP contribution in [0.2, 0.25) is 10.0 Å². The maximum Gasteiger partial charge on any atom is 0.219 e. The average molecular weight is 324 g/mol. The van der Waals surface area contributed by atoms with E-state index in [0.717, 1.165) is 0 Å². The Balaban J connectivity index is 2.16. The third kappa shape index (κ3) is 3.23. The van der Waals surface area contributed by atoms with Gasteiger partial charge in [0.2, 0.25) is 10.0 Å². The van der Waals surface area contributed by atoms with Crippen LogP contribution < -0.4 is 0 Å². The molecule has 0 radical (unpaired) electrons. The van der Waals surface area contributed by atoms with E-state index in [4.69, 9.17) is 27.9 Å². The van der Waals surface area contributed by atoms with Gasteiger partial charge in [0, 0.05) is 20.2 Å². The van der Waals surface area contributed by atoms with Gasteiger partial charge >= 0.3 is 0 Å². The number of hydrogen-bond donors (Lipinski definition) is 0. The second-order valence-corrected chi connectivity index (χ2v) is 7.60. The summed E-state index contributed by atoms with van der Waals surface area (Å²) in [7, 11) is -1.81. The van der Waals surface area contributed by atoms with Crippen LogP contribution >= 0.6 is 23.2 Å². The molecule has 1 aliphatic rings. The summed E-state index contributed by atoms with van der Waals surface area (Å²) < 4.78 is 31.0. The monoisotopic (exact) mass is 323 g/mol. The molecule has 0 bridgehead atoms. The number of halogens is 2. The van der Waals surface area contributed by atoms with Crippen molar-refractivity contribution in [3.63, 3.8) is 0 Å². The van der Waals surface area contributed by atoms with Gasteiger partial charge in [-0.3, -0.25) is 0 Å². The number of rotatable bonds is 4. The molecule has 19 heavy (non-hydrogen) atoms. The first-order chi connectivity index (χ1) is 8.93. The molecule has 1 aromatic carbocycles. The van der Waals surface area contributed by atoms with Crippen LogP contribution in [-0.4, -0.2) is 38.2 Å². The van der Waals surface area contributed by atoms with E-state index in [-0.39, 0.29) is 13.2 Å². The number of benzene rings is 1. The molecule has 1 aliphatic heterocycles. The van der Waals surface area contributed by atoms with Crippen molar-refractivity contribution in [1.29, 1.82) is 0 Å². The van der Waals surface area contributed by atoms with Crippen LogP contribution in [0.15, 0.2) is 18.2 Å². The normalized spacial score (nSPS) is 20.1. The highest BCUT2D eigenvalue weighted by molar-refractivity contribution is 7.89. The van der Waals surface area contributed by atoms with Crippen LogP contribution in [0.5, 0.6) is 0 Å². The van der Waals surface area contributed by atoms with E-state index in [1.807, 2.05) is 0 Å². The highest BCUT2D eigenvalue weighted by Gasteiger charge is 2.33. The first-order valence-electron chi connectivity index (χ1n) is 5.88. The molecule has 0 unspecified atom stereocenters. The Kier molecular flexibility index (Phi) is 4.74. The fourth-order valence-corrected chi connectivity index (χ4v) is 3.87. The minimum Gasteiger partial charge on any atom is -0.380 e. The Morgan fingerprint density at radius 1 is 1.42 bits per heavy atom. The minimum atomic E-state index is -3.36. The lowest BCUT2D eigenvalue weighted by Crippen LogP contribution is -2.36. The minimum absolute atomic E-state index is 0.207. The first-order valence-corrected chi connectivity index (χ1v) is 8.14. The Morgan fingerprint density at radius 2 is 2.16 bits per heavy atom. The highest BCUT2D eigenvalue weighted by atomic mass is 35.5. The standard InChI is InChI=1S/C12H15Cl2NO3S/c1-15(19(16,17)10-5-6-18-8-10)7-9-3-2-4-11(13)12(9)14/h2-4,10H,5-8H2,1H3/t10-/m0/s1. The average Bonchev–Trinajstić information content (AvgIpc) is 2.89. The number of hydrogen-bond acceptors (Lipinski definition) is 3. The van der Waals surface area contributed by atoms with Gasteiger partial charge in [0.05, 0.1) is 16.7 Å². The number of nitrogens with zero attached hydrogens (tertiary/aromatic N) is 1. The molecule has 1 aromatic rings. The topological polar surface area (TPSA) is 46.6 Å². The van der Waals surface area contributed by atoms with Gasteiger partial charge in [-0.15, -0.1) is 0 Å². The van der Waals surface area contributed by atoms with Crippen molar-refractivity contribution in [2.24, 2.45) is 0 Å². The van der Waals surface area contributed by atoms with Gasteiger partial charge in [0.15, 0.2) is 0 Å². The maximum absolute atomic E-state index is 12.3. The smallest absolute Gasteiger partial charge is 0.219 e. The maximum atomic E-state index is 12.3. The zero-order valence-electron chi connectivity index (χ0n) is 10.5. The molecule has 0 saturated carbocycles. The molecular formula is C12H15Cl2NO3S. The summed E-state index contributed by atoms with van der Waals surface area (Å²) in [6, 6.07) is 5.20. The Labute approximate surface area is 123 Å². The van der Waals surface area contributed by atoms with E-state index < -0.39 is 15.3 Å². The summed E-state index contributed by atoms with van der Waals surface area (Å²) in [4.78, 5) is 0. The predicted octanol–water partition coefficient (Wildman–Crippen LogP) is 2.54. The van der Waals surface area contributed by atoms with Crippen molar-refractivity contribution in [3.8, 4) is 0 Å². The van der Waals surface area contributed by atoms with Crippen molar-refractivity contribution in [3.05, 3.63) is 33.8 Å². The molecule has 2 rings (SSSR count). The van der Waals surface area contributed by atoms with Crippen LogP contribution in [0.4, 0.5) is 0 Å². The molecule has 1 saturated heterocycles. The summed E-state index contributed by atoms with van der Waals surface area (Å²) in [5, 5.41) is 0.360. The molecule has 1 fully saturated rings. The molecule has 0 N–H and O–H groups in total. The molecule has 1 heterocycles. The van der Waals surface area contributed by atoms with Gasteiger partial charge in [0.25, 0.3) is 0 Å². The molecule has 1 atom stereocenters. The highest BCUT2D eigenvalue weighted by Crippen LogP contribution is 2.27. The van der Waals surface area contributed by atoms with Crippen molar-refractivity contribution >= 4 is 33.2 Å². The summed E-state index contributed by atoms with van der Waals surface area (Å²) in [5.41, 5.74) is 0.694. The zero-order valence-corrected chi connectivity index (χ0v) is 12.8. The van der Waals surface area contributed by atoms with Gasteiger partial charge in [-0.05, 0) is 18.1 Å². The van der Waals surface area contributed by atoms with Crippen molar-refractivity contribution in [2.45, 2.75) is 18.2 Å². The molecule has 0 aliphatic carbocycles. The molecule has 7 heteroatoms. The second-order valence-electron chi connectivity index (χ2n) is 4.50. The summed E-state index contributed by atoms with van der Waals surface area (Å²) >= 11 is 12.0. The third-order valence-corrected chi connectivity index (χ3v) is 6.24. The number of ether oxygens (including phenoxy) is 1. The molecule has 0 amide bonds. The summed E-state index contributed by atoms with van der Waals surface area (Å²) in [6.07, 6.45) is 0.538. The first kappa shape index (κ1) is 15.1. The van der Waals surface area contributed by atoms with E-state index in [0.29, 0.717) is 28.6 Å². The van der Waals surface area contributed by atoms with E-state index in [1.54, 1.807) is 25.2 Å². The van der Waals surface area contributed by atoms with E-state index in [1.165, 1.54) is 4.31 Å². The van der Waals surface area contributed by atoms with Crippen molar-refractivity contribution in [2.75, 3.05) is 20.3 Å². The fraction of sp³-hybridized carbons (Fsp3) is 0.500. The molecule has 4 nitrogen and oxygen atoms in total. The molecule has 0 aromatic heterocycles. The zero-order chi connectivity index (χ0) is 14.0. The van der Waals surface area contributed by atoms with Crippen LogP contribution in [0.25, 0.3) is 0 Å². The van der Waals surface area contributed by atoms with Gasteiger partial charge < -0.3 is 4.74 Å². The van der Waals surface area contributed by atoms with Crippen LogP contribution in [0.3, 0.4) is 0 Å². The Hall–Kier alpha value is -0.330. The Bertz CT molecular complexity index is 556. The van der Waals surface area contributed by atoms with Gasteiger partial charge in [-0.2, -0.15) is 0 Å². The lowest BCUT2D eigenvalue weighted by Gasteiger charge is -2.21. The van der Waals surface area contributed by atoms with Crippen LogP contribution in [-0.2, 0) is 21.3 Å². The summed E-state index contributed by atoms with van der Waals surface area (Å²) in [6.45, 7) is 0.962. The van der Waals surface area contributed by atoms with Gasteiger partial charge in [-0.25, -0.2) is 12.7 Å². The van der Waals surface area contributed by atoms with E-state index >= 15 is 0 Å². The van der Waals surface area contributed by atoms with Gasteiger partial charge in [0.1, 0.15) is 5.25 Å². The quantitative estimate of drug-likeness (QED) is 0.855. The third-order valence-electron chi connectivity index (χ3n) is 3.17. The lowest BCUT2D eigenvalue weighted by atomic mass is 10.2. The second kappa shape index (κ2) is 5.97. The number of sulfonamides is 1. The van der Waals surface area contributed by atoms with Gasteiger partial charge in [-0.1, -0.05) is 35.3 Å². The largest absolute Gasteiger partial charge is 0.380 e. The van der Waals surface area contributed by atoms with E-state index in [9.17, 15) is 8.42 Å². The lowest BCUT2D eigenvalue weighted by molar-refractivity contribution is 0.198. The molecule has 106 valence electrons. The molecular weight excluding hydrogens is 309 g/mol. The summed E-state index contributed by atoms with van der Waals surface area (Å²) in [5.74, 6) is 0. The van der Waals surface area contributed by atoms with Crippen molar-refractivity contribution in [1.82, 2.24) is 4.31 Å². The SMILES string of the molecule is CN(Cc1cccc(Cl)c1Cl)S(=O)(=O)[C@H]1CCOC1. The fourth-order valence-electron chi connectivity index (χ4n) is 2.00. The van der Waals surface area contributed by atoms with Crippen LogP contribution in [0, 0.1) is 0 Å². The van der Waals surface area contributed by atoms with Crippen molar-refractivity contribution < 1.29 is 13.2 Å². The van der Waals surface area contributed by atoms with E-state index in [2.05, 4.69) is 0 Å². The van der Waals surface area contributed by atoms with Crippen LogP contribution in [0.1, 0.15) is 12.0 Å². The Morgan fingerprint density at radius 3 is 2.79 bits per heavy atom. The predicted molar refractivity (Wildman–Crippen MR) is 76.1 cm³/mol. The molecule has 0 spiro atoms.